The number of nitrogens with zero attached hydrogens (tertiary/aromatic N) is 1. The number of benzene rings is 1. The summed E-state index contributed by atoms with van der Waals surface area (Å²) in [6.07, 6.45) is 0. The van der Waals surface area contributed by atoms with E-state index in [1.54, 1.807) is 6.92 Å². The predicted octanol–water partition coefficient (Wildman–Crippen LogP) is 0.642. The molecule has 0 saturated carbocycles. The third kappa shape index (κ3) is 3.91. The minimum atomic E-state index is -3.92. The Kier molecular flexibility index (Phi) is 6.19. The van der Waals surface area contributed by atoms with Crippen molar-refractivity contribution in [2.75, 3.05) is 6.54 Å². The summed E-state index contributed by atoms with van der Waals surface area (Å²) < 4.78 is 26.0. The fourth-order valence-electron chi connectivity index (χ4n) is 1.21. The van der Waals surface area contributed by atoms with Crippen LogP contribution in [0.15, 0.2) is 29.2 Å². The molecule has 102 valence electrons. The fraction of sp³-hybridized carbons (Fsp3) is 0.333. The quantitative estimate of drug-likeness (QED) is 0.611. The molecule has 0 unspecified atom stereocenters. The zero-order chi connectivity index (χ0) is 13.1. The Labute approximate surface area is 111 Å². The second-order valence-corrected chi connectivity index (χ2v) is 5.17. The highest BCUT2D eigenvalue weighted by Gasteiger charge is 2.25. The molecule has 1 aromatic rings. The molecule has 1 atom stereocenters. The molecule has 3 N–H and O–H groups in total. The molecule has 9 heteroatoms. The molecule has 7 nitrogen and oxygen atoms in total. The van der Waals surface area contributed by atoms with Crippen LogP contribution < -0.4 is 10.5 Å². The molecular formula is C9H14ClN3O4S. The first-order chi connectivity index (χ1) is 7.88. The summed E-state index contributed by atoms with van der Waals surface area (Å²) in [4.78, 5) is 9.62. The molecular weight excluding hydrogens is 282 g/mol. The van der Waals surface area contributed by atoms with Crippen LogP contribution in [0, 0.1) is 10.1 Å². The standard InChI is InChI=1S/C9H13N3O4S.ClH/c1-7(6-10)11-17(15,16)9-5-3-2-4-8(9)12(13)14;/h2-5,7,11H,6,10H2,1H3;1H/t7-;/m0./s1. The number of nitrogens with one attached hydrogen (secondary N) is 1. The minimum absolute atomic E-state index is 0. The Morgan fingerprint density at radius 2 is 2.00 bits per heavy atom. The zero-order valence-electron chi connectivity index (χ0n) is 9.57. The number of rotatable bonds is 5. The topological polar surface area (TPSA) is 115 Å². The van der Waals surface area contributed by atoms with Gasteiger partial charge in [-0.2, -0.15) is 0 Å². The number of halogens is 1. The summed E-state index contributed by atoms with van der Waals surface area (Å²) in [5.74, 6) is 0. The van der Waals surface area contributed by atoms with E-state index in [0.717, 1.165) is 6.07 Å². The van der Waals surface area contributed by atoms with Gasteiger partial charge in [0.05, 0.1) is 4.92 Å². The van der Waals surface area contributed by atoms with Crippen molar-refractivity contribution in [3.8, 4) is 0 Å². The monoisotopic (exact) mass is 295 g/mol. The third-order valence-electron chi connectivity index (χ3n) is 2.06. The van der Waals surface area contributed by atoms with Crippen molar-refractivity contribution in [2.45, 2.75) is 17.9 Å². The normalized spacial score (nSPS) is 12.6. The molecule has 0 aliphatic rings. The first-order valence-corrected chi connectivity index (χ1v) is 6.32. The molecule has 1 aromatic carbocycles. The van der Waals surface area contributed by atoms with Crippen LogP contribution in [0.3, 0.4) is 0 Å². The molecule has 0 heterocycles. The third-order valence-corrected chi connectivity index (χ3v) is 3.70. The van der Waals surface area contributed by atoms with Gasteiger partial charge >= 0.3 is 0 Å². The lowest BCUT2D eigenvalue weighted by Crippen LogP contribution is -2.37. The lowest BCUT2D eigenvalue weighted by molar-refractivity contribution is -0.387. The number of hydrogen-bond donors (Lipinski definition) is 2. The number of nitrogens with two attached hydrogens (primary N) is 1. The van der Waals surface area contributed by atoms with Crippen LogP contribution in [0.1, 0.15) is 6.92 Å². The van der Waals surface area contributed by atoms with Crippen LogP contribution >= 0.6 is 12.4 Å². The molecule has 0 fully saturated rings. The Morgan fingerprint density at radius 1 is 1.44 bits per heavy atom. The van der Waals surface area contributed by atoms with Crippen LogP contribution in [-0.4, -0.2) is 25.9 Å². The van der Waals surface area contributed by atoms with Crippen molar-refractivity contribution in [2.24, 2.45) is 5.73 Å². The SMILES string of the molecule is C[C@@H](CN)NS(=O)(=O)c1ccccc1[N+](=O)[O-].Cl. The van der Waals surface area contributed by atoms with E-state index in [-0.39, 0.29) is 23.8 Å². The molecule has 0 saturated heterocycles. The fourth-order valence-corrected chi connectivity index (χ4v) is 2.64. The van der Waals surface area contributed by atoms with Crippen LogP contribution in [0.25, 0.3) is 0 Å². The second kappa shape index (κ2) is 6.64. The molecule has 1 rings (SSSR count). The van der Waals surface area contributed by atoms with E-state index in [2.05, 4.69) is 4.72 Å². The van der Waals surface area contributed by atoms with E-state index in [4.69, 9.17) is 5.73 Å². The Hall–Kier alpha value is -1.22. The first kappa shape index (κ1) is 16.8. The van der Waals surface area contributed by atoms with Gasteiger partial charge in [-0.1, -0.05) is 12.1 Å². The molecule has 18 heavy (non-hydrogen) atoms. The largest absolute Gasteiger partial charge is 0.329 e. The van der Waals surface area contributed by atoms with Gasteiger partial charge in [0.1, 0.15) is 0 Å². The lowest BCUT2D eigenvalue weighted by Gasteiger charge is -2.11. The zero-order valence-corrected chi connectivity index (χ0v) is 11.2. The van der Waals surface area contributed by atoms with Crippen LogP contribution in [0.2, 0.25) is 0 Å². The van der Waals surface area contributed by atoms with E-state index in [0.29, 0.717) is 0 Å². The van der Waals surface area contributed by atoms with Gasteiger partial charge in [0.2, 0.25) is 10.0 Å². The highest BCUT2D eigenvalue weighted by Crippen LogP contribution is 2.22. The Bertz CT molecular complexity index is 520. The van der Waals surface area contributed by atoms with Gasteiger partial charge in [-0.05, 0) is 13.0 Å². The average Bonchev–Trinajstić information content (AvgIpc) is 2.28. The average molecular weight is 296 g/mol. The van der Waals surface area contributed by atoms with Crippen molar-refractivity contribution >= 4 is 28.1 Å². The lowest BCUT2D eigenvalue weighted by atomic mass is 10.3. The number of nitro benzene ring substituents is 1. The van der Waals surface area contributed by atoms with Gasteiger partial charge in [-0.25, -0.2) is 13.1 Å². The maximum absolute atomic E-state index is 11.9. The highest BCUT2D eigenvalue weighted by molar-refractivity contribution is 7.89. The van der Waals surface area contributed by atoms with Gasteiger partial charge in [-0.3, -0.25) is 10.1 Å². The highest BCUT2D eigenvalue weighted by atomic mass is 35.5. The molecule has 0 radical (unpaired) electrons. The summed E-state index contributed by atoms with van der Waals surface area (Å²) in [5.41, 5.74) is 4.84. The van der Waals surface area contributed by atoms with Gasteiger partial charge in [-0.15, -0.1) is 12.4 Å². The number of para-hydroxylation sites is 1. The van der Waals surface area contributed by atoms with Gasteiger partial charge in [0, 0.05) is 18.7 Å². The molecule has 0 amide bonds. The molecule has 0 spiro atoms. The van der Waals surface area contributed by atoms with Crippen LogP contribution in [0.5, 0.6) is 0 Å². The smallest absolute Gasteiger partial charge is 0.289 e. The second-order valence-electron chi connectivity index (χ2n) is 3.48. The summed E-state index contributed by atoms with van der Waals surface area (Å²) in [6, 6.07) is 4.67. The summed E-state index contributed by atoms with van der Waals surface area (Å²) >= 11 is 0. The summed E-state index contributed by atoms with van der Waals surface area (Å²) in [6.45, 7) is 1.69. The van der Waals surface area contributed by atoms with Crippen LogP contribution in [0.4, 0.5) is 5.69 Å². The van der Waals surface area contributed by atoms with Crippen molar-refractivity contribution in [3.63, 3.8) is 0 Å². The number of nitro groups is 1. The van der Waals surface area contributed by atoms with Crippen molar-refractivity contribution in [3.05, 3.63) is 34.4 Å². The maximum atomic E-state index is 11.9. The van der Waals surface area contributed by atoms with Gasteiger partial charge in [0.25, 0.3) is 5.69 Å². The van der Waals surface area contributed by atoms with E-state index in [1.165, 1.54) is 18.2 Å². The summed E-state index contributed by atoms with van der Waals surface area (Å²) in [7, 11) is -3.92. The number of hydrogen-bond acceptors (Lipinski definition) is 5. The maximum Gasteiger partial charge on any atom is 0.289 e. The summed E-state index contributed by atoms with van der Waals surface area (Å²) in [5, 5.41) is 10.7. The molecule has 0 aliphatic heterocycles. The van der Waals surface area contributed by atoms with Crippen LogP contribution in [-0.2, 0) is 10.0 Å². The van der Waals surface area contributed by atoms with E-state index in [1.807, 2.05) is 0 Å². The Balaban J connectivity index is 0.00000289. The van der Waals surface area contributed by atoms with Crippen molar-refractivity contribution in [1.82, 2.24) is 4.72 Å². The van der Waals surface area contributed by atoms with Crippen molar-refractivity contribution < 1.29 is 13.3 Å². The first-order valence-electron chi connectivity index (χ1n) is 4.84. The molecule has 0 aromatic heterocycles. The Morgan fingerprint density at radius 3 is 2.50 bits per heavy atom. The van der Waals surface area contributed by atoms with Gasteiger partial charge < -0.3 is 5.73 Å². The predicted molar refractivity (Wildman–Crippen MR) is 69.2 cm³/mol. The molecule has 0 bridgehead atoms. The number of sulfonamides is 1. The van der Waals surface area contributed by atoms with Crippen molar-refractivity contribution in [1.29, 1.82) is 0 Å². The van der Waals surface area contributed by atoms with Gasteiger partial charge in [0.15, 0.2) is 4.90 Å². The van der Waals surface area contributed by atoms with E-state index < -0.39 is 26.7 Å². The van der Waals surface area contributed by atoms with E-state index in [9.17, 15) is 18.5 Å². The minimum Gasteiger partial charge on any atom is -0.329 e. The van der Waals surface area contributed by atoms with E-state index >= 15 is 0 Å². The molecule has 0 aliphatic carbocycles.